The van der Waals surface area contributed by atoms with Crippen molar-refractivity contribution in [2.75, 3.05) is 6.54 Å². The molecule has 0 spiro atoms. The summed E-state index contributed by atoms with van der Waals surface area (Å²) in [6.45, 7) is 0.618. The van der Waals surface area contributed by atoms with Crippen LogP contribution in [-0.2, 0) is 11.3 Å². The molecule has 1 aliphatic rings. The smallest absolute Gasteiger partial charge is 0.275 e. The SMILES string of the molecule is O=C(Cn1ncc2ccccc2c1=O)N1CCCCC[C@@H]1c1ccco1. The molecule has 0 N–H and O–H groups in total. The number of hydrogen-bond acceptors (Lipinski definition) is 4. The van der Waals surface area contributed by atoms with Crippen LogP contribution in [-0.4, -0.2) is 27.1 Å². The van der Waals surface area contributed by atoms with Crippen molar-refractivity contribution in [3.8, 4) is 0 Å². The van der Waals surface area contributed by atoms with E-state index in [1.54, 1.807) is 18.5 Å². The Morgan fingerprint density at radius 2 is 2.04 bits per heavy atom. The fourth-order valence-corrected chi connectivity index (χ4v) is 3.64. The first-order valence-electron chi connectivity index (χ1n) is 9.02. The van der Waals surface area contributed by atoms with Gasteiger partial charge in [0.25, 0.3) is 5.56 Å². The van der Waals surface area contributed by atoms with Crippen LogP contribution in [0.3, 0.4) is 0 Å². The fourth-order valence-electron chi connectivity index (χ4n) is 3.64. The molecule has 1 amide bonds. The highest BCUT2D eigenvalue weighted by atomic mass is 16.3. The molecule has 2 aromatic heterocycles. The van der Waals surface area contributed by atoms with Crippen LogP contribution in [0.15, 0.2) is 58.1 Å². The van der Waals surface area contributed by atoms with Crippen LogP contribution < -0.4 is 5.56 Å². The van der Waals surface area contributed by atoms with Crippen molar-refractivity contribution in [3.63, 3.8) is 0 Å². The van der Waals surface area contributed by atoms with E-state index in [0.29, 0.717) is 11.9 Å². The zero-order valence-electron chi connectivity index (χ0n) is 14.5. The van der Waals surface area contributed by atoms with E-state index in [9.17, 15) is 9.59 Å². The van der Waals surface area contributed by atoms with E-state index in [2.05, 4.69) is 5.10 Å². The van der Waals surface area contributed by atoms with Gasteiger partial charge in [0.05, 0.1) is 23.9 Å². The first-order valence-corrected chi connectivity index (χ1v) is 9.02. The van der Waals surface area contributed by atoms with Crippen molar-refractivity contribution in [2.45, 2.75) is 38.3 Å². The molecule has 3 heterocycles. The Morgan fingerprint density at radius 3 is 2.88 bits per heavy atom. The van der Waals surface area contributed by atoms with Gasteiger partial charge in [-0.25, -0.2) is 4.68 Å². The van der Waals surface area contributed by atoms with Crippen LogP contribution in [0.4, 0.5) is 0 Å². The Bertz CT molecular complexity index is 962. The minimum Gasteiger partial charge on any atom is -0.467 e. The van der Waals surface area contributed by atoms with Crippen molar-refractivity contribution in [3.05, 3.63) is 65.0 Å². The zero-order chi connectivity index (χ0) is 17.9. The number of furan rings is 1. The van der Waals surface area contributed by atoms with E-state index in [-0.39, 0.29) is 24.1 Å². The van der Waals surface area contributed by atoms with Gasteiger partial charge in [0.15, 0.2) is 0 Å². The van der Waals surface area contributed by atoms with E-state index in [4.69, 9.17) is 4.42 Å². The quantitative estimate of drug-likeness (QED) is 0.727. The molecule has 1 aliphatic heterocycles. The lowest BCUT2D eigenvalue weighted by Gasteiger charge is -2.28. The topological polar surface area (TPSA) is 68.3 Å². The van der Waals surface area contributed by atoms with Crippen LogP contribution in [0.2, 0.25) is 0 Å². The minimum absolute atomic E-state index is 0.0547. The first-order chi connectivity index (χ1) is 12.7. The van der Waals surface area contributed by atoms with Crippen LogP contribution in [0.25, 0.3) is 10.8 Å². The zero-order valence-corrected chi connectivity index (χ0v) is 14.5. The van der Waals surface area contributed by atoms with Crippen LogP contribution in [0.1, 0.15) is 37.5 Å². The average molecular weight is 351 g/mol. The number of carbonyl (C=O) groups excluding carboxylic acids is 1. The van der Waals surface area contributed by atoms with E-state index < -0.39 is 0 Å². The van der Waals surface area contributed by atoms with Crippen molar-refractivity contribution in [1.29, 1.82) is 0 Å². The number of carbonyl (C=O) groups is 1. The molecule has 1 atom stereocenters. The van der Waals surface area contributed by atoms with Gasteiger partial charge in [-0.05, 0) is 31.0 Å². The van der Waals surface area contributed by atoms with Gasteiger partial charge >= 0.3 is 0 Å². The predicted molar refractivity (Wildman–Crippen MR) is 97.6 cm³/mol. The summed E-state index contributed by atoms with van der Waals surface area (Å²) in [5.74, 6) is 0.706. The monoisotopic (exact) mass is 351 g/mol. The Hall–Kier alpha value is -2.89. The molecule has 134 valence electrons. The summed E-state index contributed by atoms with van der Waals surface area (Å²) >= 11 is 0. The highest BCUT2D eigenvalue weighted by Crippen LogP contribution is 2.30. The molecule has 3 aromatic rings. The van der Waals surface area contributed by atoms with E-state index >= 15 is 0 Å². The van der Waals surface area contributed by atoms with E-state index in [1.807, 2.05) is 35.2 Å². The molecule has 6 heteroatoms. The Kier molecular flexibility index (Phi) is 4.56. The molecule has 26 heavy (non-hydrogen) atoms. The van der Waals surface area contributed by atoms with Crippen molar-refractivity contribution in [2.24, 2.45) is 0 Å². The Morgan fingerprint density at radius 1 is 1.15 bits per heavy atom. The molecule has 1 fully saturated rings. The number of amides is 1. The second-order valence-electron chi connectivity index (χ2n) is 6.66. The summed E-state index contributed by atoms with van der Waals surface area (Å²) < 4.78 is 6.82. The van der Waals surface area contributed by atoms with Gasteiger partial charge in [-0.2, -0.15) is 5.10 Å². The third kappa shape index (κ3) is 3.14. The van der Waals surface area contributed by atoms with Crippen molar-refractivity contribution in [1.82, 2.24) is 14.7 Å². The lowest BCUT2D eigenvalue weighted by atomic mass is 10.1. The molecule has 0 saturated carbocycles. The molecular weight excluding hydrogens is 330 g/mol. The highest BCUT2D eigenvalue weighted by molar-refractivity contribution is 5.81. The van der Waals surface area contributed by atoms with Gasteiger partial charge in [0.2, 0.25) is 5.91 Å². The molecule has 0 bridgehead atoms. The van der Waals surface area contributed by atoms with Gasteiger partial charge in [0.1, 0.15) is 12.3 Å². The highest BCUT2D eigenvalue weighted by Gasteiger charge is 2.29. The molecule has 0 radical (unpaired) electrons. The molecule has 1 saturated heterocycles. The number of hydrogen-bond donors (Lipinski definition) is 0. The van der Waals surface area contributed by atoms with Gasteiger partial charge in [-0.15, -0.1) is 0 Å². The summed E-state index contributed by atoms with van der Waals surface area (Å²) in [5, 5.41) is 5.55. The lowest BCUT2D eigenvalue weighted by Crippen LogP contribution is -2.39. The van der Waals surface area contributed by atoms with Crippen LogP contribution in [0.5, 0.6) is 0 Å². The molecule has 0 aliphatic carbocycles. The Labute approximate surface area is 151 Å². The number of aromatic nitrogens is 2. The fraction of sp³-hybridized carbons (Fsp3) is 0.350. The summed E-state index contributed by atoms with van der Waals surface area (Å²) in [6.07, 6.45) is 7.26. The van der Waals surface area contributed by atoms with E-state index in [1.165, 1.54) is 4.68 Å². The molecule has 0 unspecified atom stereocenters. The average Bonchev–Trinajstić information content (AvgIpc) is 3.08. The summed E-state index contributed by atoms with van der Waals surface area (Å²) in [7, 11) is 0. The Balaban J connectivity index is 1.62. The first kappa shape index (κ1) is 16.6. The number of fused-ring (bicyclic) bond motifs is 1. The van der Waals surface area contributed by atoms with Crippen LogP contribution >= 0.6 is 0 Å². The second-order valence-corrected chi connectivity index (χ2v) is 6.66. The largest absolute Gasteiger partial charge is 0.467 e. The number of rotatable bonds is 3. The van der Waals surface area contributed by atoms with Gasteiger partial charge < -0.3 is 9.32 Å². The second kappa shape index (κ2) is 7.15. The third-order valence-corrected chi connectivity index (χ3v) is 4.99. The number of nitrogens with zero attached hydrogens (tertiary/aromatic N) is 3. The number of likely N-dealkylation sites (tertiary alicyclic amines) is 1. The van der Waals surface area contributed by atoms with Crippen molar-refractivity contribution >= 4 is 16.7 Å². The van der Waals surface area contributed by atoms with Gasteiger partial charge in [-0.1, -0.05) is 31.0 Å². The van der Waals surface area contributed by atoms with Crippen LogP contribution in [0, 0.1) is 0 Å². The van der Waals surface area contributed by atoms with Crippen molar-refractivity contribution < 1.29 is 9.21 Å². The maximum atomic E-state index is 13.0. The van der Waals surface area contributed by atoms with Gasteiger partial charge in [0, 0.05) is 11.9 Å². The number of benzene rings is 1. The van der Waals surface area contributed by atoms with Gasteiger partial charge in [-0.3, -0.25) is 9.59 Å². The summed E-state index contributed by atoms with van der Waals surface area (Å²) in [4.78, 5) is 27.5. The predicted octanol–water partition coefficient (Wildman–Crippen LogP) is 3.13. The summed E-state index contributed by atoms with van der Waals surface area (Å²) in [6, 6.07) is 11.0. The van der Waals surface area contributed by atoms with E-state index in [0.717, 1.165) is 36.8 Å². The lowest BCUT2D eigenvalue weighted by molar-refractivity contribution is -0.135. The minimum atomic E-state index is -0.235. The molecule has 4 rings (SSSR count). The molecular formula is C20H21N3O3. The summed E-state index contributed by atoms with van der Waals surface area (Å²) in [5.41, 5.74) is -0.235. The maximum absolute atomic E-state index is 13.0. The standard InChI is InChI=1S/C20H21N3O3/c24-19(14-23-20(25)16-8-4-3-7-15(16)13-21-23)22-11-5-1-2-9-17(22)18-10-6-12-26-18/h3-4,6-8,10,12-13,17H,1-2,5,9,11,14H2/t17-/m1/s1. The molecule has 6 nitrogen and oxygen atoms in total. The maximum Gasteiger partial charge on any atom is 0.275 e. The molecule has 1 aromatic carbocycles. The third-order valence-electron chi connectivity index (χ3n) is 4.99. The normalized spacial score (nSPS) is 18.0.